The highest BCUT2D eigenvalue weighted by Gasteiger charge is 2.15. The summed E-state index contributed by atoms with van der Waals surface area (Å²) < 4.78 is 4.89. The van der Waals surface area contributed by atoms with Crippen LogP contribution in [0.5, 0.6) is 0 Å². The van der Waals surface area contributed by atoms with Crippen LogP contribution < -0.4 is 10.6 Å². The third-order valence-corrected chi connectivity index (χ3v) is 2.62. The maximum Gasteiger partial charge on any atom is 0.236 e. The number of amides is 1. The molecular weight excluding hydrogens is 220 g/mol. The van der Waals surface area contributed by atoms with Crippen molar-refractivity contribution >= 4 is 5.91 Å². The monoisotopic (exact) mass is 246 g/mol. The zero-order valence-electron chi connectivity index (χ0n) is 11.3. The first-order valence-electron chi connectivity index (χ1n) is 6.17. The molecule has 0 aromatic carbocycles. The highest BCUT2D eigenvalue weighted by molar-refractivity contribution is 5.81. The van der Waals surface area contributed by atoms with Gasteiger partial charge in [0.15, 0.2) is 0 Å². The Morgan fingerprint density at radius 1 is 1.35 bits per heavy atom. The number of methoxy groups -OCH3 is 1. The van der Waals surface area contributed by atoms with Crippen molar-refractivity contribution in [2.75, 3.05) is 26.8 Å². The van der Waals surface area contributed by atoms with Gasteiger partial charge in [-0.05, 0) is 19.3 Å². The number of hydrogen-bond acceptors (Lipinski definition) is 4. The Hall–Kier alpha value is -0.650. The maximum atomic E-state index is 11.6. The first-order valence-corrected chi connectivity index (χ1v) is 6.17. The number of carbonyl (C=O) groups excluding carboxylic acids is 1. The van der Waals surface area contributed by atoms with Crippen LogP contribution in [-0.4, -0.2) is 50.0 Å². The summed E-state index contributed by atoms with van der Waals surface area (Å²) in [6, 6.07) is -0.286. The van der Waals surface area contributed by atoms with E-state index in [1.54, 1.807) is 14.0 Å². The molecule has 2 atom stereocenters. The van der Waals surface area contributed by atoms with E-state index in [1.165, 1.54) is 0 Å². The minimum absolute atomic E-state index is 0.0444. The Bertz CT molecular complexity index is 210. The van der Waals surface area contributed by atoms with Crippen LogP contribution in [0.15, 0.2) is 0 Å². The molecule has 3 N–H and O–H groups in total. The van der Waals surface area contributed by atoms with E-state index in [0.717, 1.165) is 6.42 Å². The summed E-state index contributed by atoms with van der Waals surface area (Å²) in [6.45, 7) is 7.38. The third-order valence-electron chi connectivity index (χ3n) is 2.62. The molecule has 0 saturated heterocycles. The van der Waals surface area contributed by atoms with Crippen LogP contribution in [-0.2, 0) is 9.53 Å². The van der Waals surface area contributed by atoms with Crippen molar-refractivity contribution < 1.29 is 14.6 Å². The van der Waals surface area contributed by atoms with Crippen molar-refractivity contribution in [3.05, 3.63) is 0 Å². The zero-order chi connectivity index (χ0) is 13.3. The van der Waals surface area contributed by atoms with Gasteiger partial charge in [-0.1, -0.05) is 13.8 Å². The predicted molar refractivity (Wildman–Crippen MR) is 67.8 cm³/mol. The molecule has 0 aliphatic heterocycles. The van der Waals surface area contributed by atoms with E-state index in [1.807, 2.05) is 13.8 Å². The summed E-state index contributed by atoms with van der Waals surface area (Å²) in [5, 5.41) is 15.4. The fourth-order valence-electron chi connectivity index (χ4n) is 1.21. The molecule has 1 amide bonds. The van der Waals surface area contributed by atoms with Gasteiger partial charge in [-0.3, -0.25) is 4.79 Å². The molecule has 0 fully saturated rings. The van der Waals surface area contributed by atoms with E-state index in [-0.39, 0.29) is 17.9 Å². The van der Waals surface area contributed by atoms with Gasteiger partial charge in [-0.15, -0.1) is 0 Å². The van der Waals surface area contributed by atoms with Crippen LogP contribution in [0, 0.1) is 5.92 Å². The van der Waals surface area contributed by atoms with Crippen molar-refractivity contribution in [1.29, 1.82) is 0 Å². The van der Waals surface area contributed by atoms with Gasteiger partial charge in [0, 0.05) is 26.8 Å². The quantitative estimate of drug-likeness (QED) is 0.506. The lowest BCUT2D eigenvalue weighted by Crippen LogP contribution is -2.45. The second-order valence-electron chi connectivity index (χ2n) is 4.58. The standard InChI is InChI=1S/C12H26N2O3/c1-9(2)11(15)8-14-10(3)12(16)13-6-5-7-17-4/h9-11,14-15H,5-8H2,1-4H3,(H,13,16). The Morgan fingerprint density at radius 3 is 2.53 bits per heavy atom. The lowest BCUT2D eigenvalue weighted by molar-refractivity contribution is -0.122. The topological polar surface area (TPSA) is 70.6 Å². The van der Waals surface area contributed by atoms with E-state index < -0.39 is 6.10 Å². The molecule has 5 nitrogen and oxygen atoms in total. The highest BCUT2D eigenvalue weighted by atomic mass is 16.5. The Kier molecular flexibility index (Phi) is 9.03. The Labute approximate surface area is 104 Å². The van der Waals surface area contributed by atoms with Crippen LogP contribution in [0.4, 0.5) is 0 Å². The minimum atomic E-state index is -0.418. The fourth-order valence-corrected chi connectivity index (χ4v) is 1.21. The SMILES string of the molecule is COCCCNC(=O)C(C)NCC(O)C(C)C. The number of rotatable bonds is 9. The smallest absolute Gasteiger partial charge is 0.236 e. The number of ether oxygens (including phenoxy) is 1. The van der Waals surface area contributed by atoms with E-state index in [9.17, 15) is 9.90 Å². The fraction of sp³-hybridized carbons (Fsp3) is 0.917. The second-order valence-corrected chi connectivity index (χ2v) is 4.58. The predicted octanol–water partition coefficient (Wildman–Crippen LogP) is 0.134. The van der Waals surface area contributed by atoms with Gasteiger partial charge >= 0.3 is 0 Å². The molecule has 5 heteroatoms. The number of aliphatic hydroxyl groups excluding tert-OH is 1. The summed E-state index contributed by atoms with van der Waals surface area (Å²) in [6.07, 6.45) is 0.391. The van der Waals surface area contributed by atoms with Gasteiger partial charge in [0.05, 0.1) is 12.1 Å². The van der Waals surface area contributed by atoms with E-state index in [0.29, 0.717) is 19.7 Å². The van der Waals surface area contributed by atoms with E-state index >= 15 is 0 Å². The first-order chi connectivity index (χ1) is 7.99. The van der Waals surface area contributed by atoms with E-state index in [4.69, 9.17) is 4.74 Å². The number of hydrogen-bond donors (Lipinski definition) is 3. The summed E-state index contributed by atoms with van der Waals surface area (Å²) in [4.78, 5) is 11.6. The van der Waals surface area contributed by atoms with Crippen molar-refractivity contribution in [3.8, 4) is 0 Å². The van der Waals surface area contributed by atoms with Gasteiger partial charge in [0.25, 0.3) is 0 Å². The molecule has 102 valence electrons. The average molecular weight is 246 g/mol. The number of aliphatic hydroxyl groups is 1. The molecule has 0 rings (SSSR count). The van der Waals surface area contributed by atoms with Gasteiger partial charge < -0.3 is 20.5 Å². The van der Waals surface area contributed by atoms with Gasteiger partial charge in [0.1, 0.15) is 0 Å². The van der Waals surface area contributed by atoms with Gasteiger partial charge in [0.2, 0.25) is 5.91 Å². The largest absolute Gasteiger partial charge is 0.392 e. The number of carbonyl (C=O) groups is 1. The summed E-state index contributed by atoms with van der Waals surface area (Å²) in [7, 11) is 1.64. The molecule has 0 aliphatic carbocycles. The molecule has 0 saturated carbocycles. The van der Waals surface area contributed by atoms with E-state index in [2.05, 4.69) is 10.6 Å². The Morgan fingerprint density at radius 2 is 2.00 bits per heavy atom. The molecule has 2 unspecified atom stereocenters. The molecule has 0 spiro atoms. The average Bonchev–Trinajstić information content (AvgIpc) is 2.30. The van der Waals surface area contributed by atoms with Crippen molar-refractivity contribution in [2.24, 2.45) is 5.92 Å². The molecule has 0 aromatic heterocycles. The second kappa shape index (κ2) is 9.39. The van der Waals surface area contributed by atoms with Gasteiger partial charge in [-0.25, -0.2) is 0 Å². The van der Waals surface area contributed by atoms with Crippen molar-refractivity contribution in [2.45, 2.75) is 39.3 Å². The van der Waals surface area contributed by atoms with Crippen LogP contribution in [0.2, 0.25) is 0 Å². The minimum Gasteiger partial charge on any atom is -0.392 e. The molecule has 0 aliphatic rings. The third kappa shape index (κ3) is 8.12. The molecule has 17 heavy (non-hydrogen) atoms. The lowest BCUT2D eigenvalue weighted by Gasteiger charge is -2.19. The van der Waals surface area contributed by atoms with Crippen LogP contribution in [0.25, 0.3) is 0 Å². The van der Waals surface area contributed by atoms with Crippen LogP contribution in [0.1, 0.15) is 27.2 Å². The van der Waals surface area contributed by atoms with Crippen LogP contribution >= 0.6 is 0 Å². The van der Waals surface area contributed by atoms with Gasteiger partial charge in [-0.2, -0.15) is 0 Å². The lowest BCUT2D eigenvalue weighted by atomic mass is 10.1. The molecular formula is C12H26N2O3. The normalized spacial score (nSPS) is 14.7. The summed E-state index contributed by atoms with van der Waals surface area (Å²) >= 11 is 0. The number of nitrogens with one attached hydrogen (secondary N) is 2. The molecule has 0 bridgehead atoms. The molecule has 0 radical (unpaired) electrons. The maximum absolute atomic E-state index is 11.6. The Balaban J connectivity index is 3.67. The summed E-state index contributed by atoms with van der Waals surface area (Å²) in [5.41, 5.74) is 0. The zero-order valence-corrected chi connectivity index (χ0v) is 11.3. The highest BCUT2D eigenvalue weighted by Crippen LogP contribution is 1.99. The summed E-state index contributed by atoms with van der Waals surface area (Å²) in [5.74, 6) is 0.150. The van der Waals surface area contributed by atoms with Crippen molar-refractivity contribution in [1.82, 2.24) is 10.6 Å². The molecule has 0 aromatic rings. The molecule has 0 heterocycles. The van der Waals surface area contributed by atoms with Crippen LogP contribution in [0.3, 0.4) is 0 Å². The van der Waals surface area contributed by atoms with Crippen molar-refractivity contribution in [3.63, 3.8) is 0 Å². The first kappa shape index (κ1) is 16.4.